The monoisotopic (exact) mass is 341 g/mol. The maximum Gasteiger partial charge on any atom is 0.391 e. The lowest BCUT2D eigenvalue weighted by Crippen LogP contribution is -2.41. The maximum absolute atomic E-state index is 12.8. The molecule has 1 amide bonds. The molecule has 1 aliphatic rings. The third-order valence-corrected chi connectivity index (χ3v) is 4.04. The van der Waals surface area contributed by atoms with Gasteiger partial charge in [0.2, 0.25) is 5.91 Å². The smallest absolute Gasteiger partial charge is 0.391 e. The lowest BCUT2D eigenvalue weighted by atomic mass is 9.82. The van der Waals surface area contributed by atoms with Gasteiger partial charge in [-0.15, -0.1) is 0 Å². The Labute approximate surface area is 137 Å². The summed E-state index contributed by atoms with van der Waals surface area (Å²) in [4.78, 5) is 23.7. The largest absolute Gasteiger partial charge is 0.481 e. The van der Waals surface area contributed by atoms with E-state index in [0.717, 1.165) is 0 Å². The van der Waals surface area contributed by atoms with Gasteiger partial charge in [-0.2, -0.15) is 13.2 Å². The first-order chi connectivity index (χ1) is 11.3. The number of alkyl halides is 3. The van der Waals surface area contributed by atoms with Crippen molar-refractivity contribution in [1.29, 1.82) is 0 Å². The fraction of sp³-hybridized carbons (Fsp3) is 0.412. The van der Waals surface area contributed by atoms with Gasteiger partial charge in [0.05, 0.1) is 24.3 Å². The number of nitrogens with one attached hydrogen (secondary N) is 1. The number of halogens is 3. The highest BCUT2D eigenvalue weighted by atomic mass is 19.4. The second kappa shape index (κ2) is 7.51. The first kappa shape index (κ1) is 18.0. The molecule has 0 aliphatic heterocycles. The van der Waals surface area contributed by atoms with E-state index in [9.17, 15) is 27.9 Å². The molecule has 0 spiro atoms. The van der Waals surface area contributed by atoms with Crippen molar-refractivity contribution in [1.82, 2.24) is 5.32 Å². The maximum atomic E-state index is 12.8. The highest BCUT2D eigenvalue weighted by Gasteiger charge is 2.38. The standard InChI is InChI=1S/C17H18F3NO3/c18-17(19,20)10-14(11-6-2-1-3-7-11)21-15(22)12-8-4-5-9-13(12)16(23)24/h1-7,12-14H,8-10H2,(H,21,22)(H,23,24)/t12-,13-,14+/m1/s1. The SMILES string of the molecule is O=C(O)[C@@H]1CC=CC[C@H]1C(=O)N[C@@H](CC(F)(F)F)c1ccccc1. The van der Waals surface area contributed by atoms with Gasteiger partial charge in [-0.25, -0.2) is 0 Å². The Kier molecular flexibility index (Phi) is 5.64. The Hall–Kier alpha value is -2.31. The number of benzene rings is 1. The minimum atomic E-state index is -4.45. The van der Waals surface area contributed by atoms with Crippen LogP contribution < -0.4 is 5.32 Å². The van der Waals surface area contributed by atoms with E-state index in [2.05, 4.69) is 5.32 Å². The van der Waals surface area contributed by atoms with Gasteiger partial charge in [-0.05, 0) is 18.4 Å². The summed E-state index contributed by atoms with van der Waals surface area (Å²) in [6.45, 7) is 0. The van der Waals surface area contributed by atoms with Crippen molar-refractivity contribution in [3.63, 3.8) is 0 Å². The molecule has 2 N–H and O–H groups in total. The topological polar surface area (TPSA) is 66.4 Å². The molecule has 0 bridgehead atoms. The quantitative estimate of drug-likeness (QED) is 0.806. The molecule has 3 atom stereocenters. The molecule has 1 aromatic carbocycles. The molecule has 2 rings (SSSR count). The molecule has 1 aromatic rings. The highest BCUT2D eigenvalue weighted by molar-refractivity contribution is 5.85. The number of allylic oxidation sites excluding steroid dienone is 2. The second-order valence-electron chi connectivity index (χ2n) is 5.79. The Morgan fingerprint density at radius 1 is 1.12 bits per heavy atom. The van der Waals surface area contributed by atoms with E-state index in [1.165, 1.54) is 12.1 Å². The average molecular weight is 341 g/mol. The molecule has 7 heteroatoms. The summed E-state index contributed by atoms with van der Waals surface area (Å²) < 4.78 is 38.5. The average Bonchev–Trinajstić information content (AvgIpc) is 2.53. The van der Waals surface area contributed by atoms with Gasteiger partial charge >= 0.3 is 12.1 Å². The van der Waals surface area contributed by atoms with Gasteiger partial charge in [0.1, 0.15) is 0 Å². The van der Waals surface area contributed by atoms with Crippen molar-refractivity contribution in [3.05, 3.63) is 48.0 Å². The predicted molar refractivity (Wildman–Crippen MR) is 81.0 cm³/mol. The predicted octanol–water partition coefficient (Wildman–Crippen LogP) is 3.46. The van der Waals surface area contributed by atoms with Gasteiger partial charge in [-0.3, -0.25) is 9.59 Å². The van der Waals surface area contributed by atoms with Crippen LogP contribution in [0.1, 0.15) is 30.9 Å². The van der Waals surface area contributed by atoms with Crippen LogP contribution in [0.2, 0.25) is 0 Å². The van der Waals surface area contributed by atoms with Crippen LogP contribution in [0.25, 0.3) is 0 Å². The van der Waals surface area contributed by atoms with E-state index in [1.807, 2.05) is 0 Å². The Morgan fingerprint density at radius 3 is 2.25 bits per heavy atom. The molecule has 0 fully saturated rings. The molecule has 0 heterocycles. The number of rotatable bonds is 5. The summed E-state index contributed by atoms with van der Waals surface area (Å²) in [7, 11) is 0. The number of carboxylic acid groups (broad SMARTS) is 1. The van der Waals surface area contributed by atoms with Gasteiger partial charge in [0.15, 0.2) is 0 Å². The minimum Gasteiger partial charge on any atom is -0.481 e. The number of amides is 1. The molecule has 0 saturated carbocycles. The molecule has 24 heavy (non-hydrogen) atoms. The Morgan fingerprint density at radius 2 is 1.71 bits per heavy atom. The third kappa shape index (κ3) is 4.84. The molecular formula is C17H18F3NO3. The fourth-order valence-corrected chi connectivity index (χ4v) is 2.82. The summed E-state index contributed by atoms with van der Waals surface area (Å²) in [5.74, 6) is -3.57. The summed E-state index contributed by atoms with van der Waals surface area (Å²) >= 11 is 0. The van der Waals surface area contributed by atoms with Crippen molar-refractivity contribution >= 4 is 11.9 Å². The number of carbonyl (C=O) groups is 2. The van der Waals surface area contributed by atoms with Gasteiger partial charge in [0, 0.05) is 0 Å². The molecule has 1 aliphatic carbocycles. The van der Waals surface area contributed by atoms with Crippen molar-refractivity contribution in [2.75, 3.05) is 0 Å². The zero-order chi connectivity index (χ0) is 17.7. The van der Waals surface area contributed by atoms with E-state index >= 15 is 0 Å². The normalized spacial score (nSPS) is 22.0. The number of hydrogen-bond acceptors (Lipinski definition) is 2. The molecule has 4 nitrogen and oxygen atoms in total. The summed E-state index contributed by atoms with van der Waals surface area (Å²) in [6.07, 6.45) is -1.90. The lowest BCUT2D eigenvalue weighted by Gasteiger charge is -2.27. The number of carbonyl (C=O) groups excluding carboxylic acids is 1. The fourth-order valence-electron chi connectivity index (χ4n) is 2.82. The van der Waals surface area contributed by atoms with Crippen LogP contribution in [0.4, 0.5) is 13.2 Å². The van der Waals surface area contributed by atoms with Crippen LogP contribution in [-0.2, 0) is 9.59 Å². The number of carboxylic acids is 1. The van der Waals surface area contributed by atoms with Crippen LogP contribution in [0, 0.1) is 11.8 Å². The first-order valence-corrected chi connectivity index (χ1v) is 7.58. The van der Waals surface area contributed by atoms with Crippen LogP contribution in [0.3, 0.4) is 0 Å². The van der Waals surface area contributed by atoms with Crippen molar-refractivity contribution < 1.29 is 27.9 Å². The number of hydrogen-bond donors (Lipinski definition) is 2. The van der Waals surface area contributed by atoms with Crippen LogP contribution in [-0.4, -0.2) is 23.2 Å². The van der Waals surface area contributed by atoms with Crippen molar-refractivity contribution in [2.24, 2.45) is 11.8 Å². The Bertz CT molecular complexity index is 613. The minimum absolute atomic E-state index is 0.197. The molecular weight excluding hydrogens is 323 g/mol. The van der Waals surface area contributed by atoms with Crippen LogP contribution >= 0.6 is 0 Å². The molecule has 0 unspecified atom stereocenters. The lowest BCUT2D eigenvalue weighted by molar-refractivity contribution is -0.150. The molecule has 130 valence electrons. The zero-order valence-electron chi connectivity index (χ0n) is 12.8. The molecule has 0 saturated heterocycles. The van der Waals surface area contributed by atoms with Gasteiger partial charge in [0.25, 0.3) is 0 Å². The van der Waals surface area contributed by atoms with Crippen LogP contribution in [0.15, 0.2) is 42.5 Å². The third-order valence-electron chi connectivity index (χ3n) is 4.04. The molecule has 0 aromatic heterocycles. The summed E-state index contributed by atoms with van der Waals surface area (Å²) in [5.41, 5.74) is 0.335. The van der Waals surface area contributed by atoms with E-state index in [1.54, 1.807) is 30.4 Å². The first-order valence-electron chi connectivity index (χ1n) is 7.58. The van der Waals surface area contributed by atoms with Crippen LogP contribution in [0.5, 0.6) is 0 Å². The van der Waals surface area contributed by atoms with Crippen molar-refractivity contribution in [3.8, 4) is 0 Å². The highest BCUT2D eigenvalue weighted by Crippen LogP contribution is 2.31. The second-order valence-corrected chi connectivity index (χ2v) is 5.79. The van der Waals surface area contributed by atoms with E-state index in [-0.39, 0.29) is 12.8 Å². The summed E-state index contributed by atoms with van der Waals surface area (Å²) in [5, 5.41) is 11.6. The van der Waals surface area contributed by atoms with E-state index in [4.69, 9.17) is 0 Å². The van der Waals surface area contributed by atoms with Crippen molar-refractivity contribution in [2.45, 2.75) is 31.5 Å². The molecule has 0 radical (unpaired) electrons. The Balaban J connectivity index is 2.17. The summed E-state index contributed by atoms with van der Waals surface area (Å²) in [6, 6.07) is 6.63. The van der Waals surface area contributed by atoms with E-state index < -0.39 is 42.4 Å². The zero-order valence-corrected chi connectivity index (χ0v) is 12.8. The van der Waals surface area contributed by atoms with E-state index in [0.29, 0.717) is 5.56 Å². The van der Waals surface area contributed by atoms with Gasteiger partial charge < -0.3 is 10.4 Å². The number of aliphatic carboxylic acids is 1. The van der Waals surface area contributed by atoms with Gasteiger partial charge in [-0.1, -0.05) is 42.5 Å².